The van der Waals surface area contributed by atoms with Crippen molar-refractivity contribution in [1.29, 1.82) is 10.5 Å². The van der Waals surface area contributed by atoms with Crippen molar-refractivity contribution < 1.29 is 13.2 Å². The van der Waals surface area contributed by atoms with Gasteiger partial charge in [0.2, 0.25) is 0 Å². The molecule has 0 aliphatic rings. The summed E-state index contributed by atoms with van der Waals surface area (Å²) in [7, 11) is 0. The number of halogens is 3. The van der Waals surface area contributed by atoms with E-state index in [1.807, 2.05) is 84.9 Å². The number of alkyl halides is 3. The van der Waals surface area contributed by atoms with E-state index in [0.29, 0.717) is 33.2 Å². The molecular weight excluding hydrogens is 678 g/mol. The van der Waals surface area contributed by atoms with E-state index in [1.54, 1.807) is 33.4 Å². The van der Waals surface area contributed by atoms with Crippen molar-refractivity contribution in [2.45, 2.75) is 58.5 Å². The van der Waals surface area contributed by atoms with Gasteiger partial charge >= 0.3 is 6.18 Å². The number of nitrogens with zero attached hydrogens (tertiary/aromatic N) is 4. The van der Waals surface area contributed by atoms with Gasteiger partial charge in [-0.15, -0.1) is 0 Å². The fraction of sp³-hybridized carbons (Fsp3) is 0.191. The van der Waals surface area contributed by atoms with Crippen LogP contribution >= 0.6 is 0 Å². The maximum atomic E-state index is 16.3. The molecule has 4 nitrogen and oxygen atoms in total. The molecule has 0 fully saturated rings. The number of hydrogen-bond donors (Lipinski definition) is 0. The lowest BCUT2D eigenvalue weighted by Gasteiger charge is -2.24. The average molecular weight is 715 g/mol. The molecule has 0 radical (unpaired) electrons. The van der Waals surface area contributed by atoms with Crippen LogP contribution in [0.3, 0.4) is 0 Å². The minimum Gasteiger partial charge on any atom is -0.309 e. The summed E-state index contributed by atoms with van der Waals surface area (Å²) >= 11 is 0. The van der Waals surface area contributed by atoms with Gasteiger partial charge in [-0.2, -0.15) is 23.7 Å². The van der Waals surface area contributed by atoms with Gasteiger partial charge in [0.15, 0.2) is 0 Å². The molecule has 2 aromatic heterocycles. The molecule has 0 saturated heterocycles. The third-order valence-electron chi connectivity index (χ3n) is 10.5. The largest absolute Gasteiger partial charge is 0.420 e. The van der Waals surface area contributed by atoms with Crippen LogP contribution in [0.1, 0.15) is 69.4 Å². The molecule has 0 atom stereocenters. The first-order chi connectivity index (χ1) is 25.6. The van der Waals surface area contributed by atoms with Crippen LogP contribution in [0.5, 0.6) is 0 Å². The second-order valence-electron chi connectivity index (χ2n) is 16.1. The van der Waals surface area contributed by atoms with Gasteiger partial charge < -0.3 is 9.13 Å². The summed E-state index contributed by atoms with van der Waals surface area (Å²) in [5, 5.41) is 23.2. The Kier molecular flexibility index (Phi) is 7.80. The second-order valence-corrected chi connectivity index (χ2v) is 16.1. The summed E-state index contributed by atoms with van der Waals surface area (Å²) < 4.78 is 52.3. The van der Waals surface area contributed by atoms with Crippen molar-refractivity contribution in [2.75, 3.05) is 0 Å². The minimum atomic E-state index is -4.81. The van der Waals surface area contributed by atoms with E-state index in [4.69, 9.17) is 0 Å². The third kappa shape index (κ3) is 5.60. The first kappa shape index (κ1) is 34.8. The van der Waals surface area contributed by atoms with E-state index in [2.05, 4.69) is 53.7 Å². The highest BCUT2D eigenvalue weighted by Gasteiger charge is 2.40. The highest BCUT2D eigenvalue weighted by molar-refractivity contribution is 6.11. The van der Waals surface area contributed by atoms with Gasteiger partial charge in [0, 0.05) is 21.5 Å². The van der Waals surface area contributed by atoms with Crippen molar-refractivity contribution in [3.63, 3.8) is 0 Å². The van der Waals surface area contributed by atoms with Crippen LogP contribution in [0.15, 0.2) is 115 Å². The van der Waals surface area contributed by atoms with Crippen LogP contribution in [0.25, 0.3) is 66.1 Å². The molecule has 0 N–H and O–H groups in total. The van der Waals surface area contributed by atoms with Gasteiger partial charge in [0.25, 0.3) is 0 Å². The summed E-state index contributed by atoms with van der Waals surface area (Å²) in [6, 6.07) is 39.3. The second kappa shape index (κ2) is 12.1. The number of rotatable bonds is 3. The van der Waals surface area contributed by atoms with E-state index >= 15 is 13.2 Å². The number of hydrogen-bond acceptors (Lipinski definition) is 2. The van der Waals surface area contributed by atoms with Crippen LogP contribution in [0, 0.1) is 22.7 Å². The molecule has 0 amide bonds. The standard InChI is InChI=1S/C47H37F3N4/c1-45(2,3)32-15-17-36-34-11-7-9-13-38(34)53(40(36)24-32)42-22-31(30-20-28(26-51)19-29(21-30)27-52)23-43(44(42)47(48,49)50)54-39-14-10-8-12-35(39)37-18-16-33(25-41(37)54)46(4,5)6/h7-25H,1-6H3. The fourth-order valence-electron chi connectivity index (χ4n) is 7.74. The Balaban J connectivity index is 1.62. The zero-order chi connectivity index (χ0) is 38.3. The number of benzene rings is 6. The lowest BCUT2D eigenvalue weighted by atomic mass is 9.86. The van der Waals surface area contributed by atoms with E-state index < -0.39 is 11.7 Å². The van der Waals surface area contributed by atoms with Crippen molar-refractivity contribution in [1.82, 2.24) is 9.13 Å². The van der Waals surface area contributed by atoms with Crippen molar-refractivity contribution in [2.24, 2.45) is 0 Å². The van der Waals surface area contributed by atoms with Crippen molar-refractivity contribution >= 4 is 43.6 Å². The zero-order valence-electron chi connectivity index (χ0n) is 30.9. The molecule has 266 valence electrons. The summed E-state index contributed by atoms with van der Waals surface area (Å²) in [5.74, 6) is 0. The SMILES string of the molecule is CC(C)(C)c1ccc2c3ccccc3n(-c3cc(-c4cc(C#N)cc(C#N)c4)cc(-n4c5ccccc5c5ccc(C(C)(C)C)cc54)c3C(F)(F)F)c2c1. The maximum absolute atomic E-state index is 16.3. The molecule has 54 heavy (non-hydrogen) atoms. The molecular formula is C47H37F3N4. The van der Waals surface area contributed by atoms with Crippen LogP contribution in [0.2, 0.25) is 0 Å². The van der Waals surface area contributed by atoms with E-state index in [0.717, 1.165) is 32.7 Å². The first-order valence-corrected chi connectivity index (χ1v) is 17.9. The Morgan fingerprint density at radius 1 is 0.463 bits per heavy atom. The summed E-state index contributed by atoms with van der Waals surface area (Å²) in [6.07, 6.45) is -4.81. The Morgan fingerprint density at radius 3 is 1.24 bits per heavy atom. The Hall–Kier alpha value is -6.31. The quantitative estimate of drug-likeness (QED) is 0.183. The monoisotopic (exact) mass is 714 g/mol. The third-order valence-corrected chi connectivity index (χ3v) is 10.5. The van der Waals surface area contributed by atoms with E-state index in [1.165, 1.54) is 6.07 Å². The lowest BCUT2D eigenvalue weighted by molar-refractivity contribution is -0.137. The summed E-state index contributed by atoms with van der Waals surface area (Å²) in [6.45, 7) is 12.5. The zero-order valence-corrected chi connectivity index (χ0v) is 30.9. The first-order valence-electron chi connectivity index (χ1n) is 17.9. The van der Waals surface area contributed by atoms with Gasteiger partial charge in [-0.1, -0.05) is 102 Å². The lowest BCUT2D eigenvalue weighted by Crippen LogP contribution is -2.17. The number of aromatic nitrogens is 2. The molecule has 7 heteroatoms. The molecule has 0 aliphatic heterocycles. The molecule has 2 heterocycles. The van der Waals surface area contributed by atoms with Gasteiger partial charge in [0.1, 0.15) is 5.56 Å². The Bertz CT molecular complexity index is 2730. The Labute approximate surface area is 311 Å². The Morgan fingerprint density at radius 2 is 0.852 bits per heavy atom. The summed E-state index contributed by atoms with van der Waals surface area (Å²) in [5.41, 5.74) is 4.50. The smallest absolute Gasteiger partial charge is 0.309 e. The number of para-hydroxylation sites is 2. The van der Waals surface area contributed by atoms with E-state index in [-0.39, 0.29) is 33.3 Å². The van der Waals surface area contributed by atoms with Gasteiger partial charge in [-0.25, -0.2) is 0 Å². The minimum absolute atomic E-state index is 0.0500. The molecule has 0 unspecified atom stereocenters. The van der Waals surface area contributed by atoms with Crippen molar-refractivity contribution in [3.8, 4) is 34.6 Å². The van der Waals surface area contributed by atoms with Crippen LogP contribution in [-0.4, -0.2) is 9.13 Å². The van der Waals surface area contributed by atoms with Crippen LogP contribution in [0.4, 0.5) is 13.2 Å². The normalized spacial score (nSPS) is 12.5. The van der Waals surface area contributed by atoms with Gasteiger partial charge in [-0.3, -0.25) is 0 Å². The van der Waals surface area contributed by atoms with Gasteiger partial charge in [0.05, 0.1) is 56.7 Å². The molecule has 8 aromatic rings. The fourth-order valence-corrected chi connectivity index (χ4v) is 7.74. The number of fused-ring (bicyclic) bond motifs is 6. The molecule has 0 aliphatic carbocycles. The predicted octanol–water partition coefficient (Wildman–Crippen LogP) is 12.9. The molecule has 8 rings (SSSR count). The molecule has 6 aromatic carbocycles. The van der Waals surface area contributed by atoms with Crippen molar-refractivity contribution in [3.05, 3.63) is 143 Å². The summed E-state index contributed by atoms with van der Waals surface area (Å²) in [4.78, 5) is 0. The van der Waals surface area contributed by atoms with Gasteiger partial charge in [-0.05, 0) is 87.7 Å². The average Bonchev–Trinajstić information content (AvgIpc) is 3.65. The van der Waals surface area contributed by atoms with E-state index in [9.17, 15) is 10.5 Å². The number of nitriles is 2. The molecule has 0 saturated carbocycles. The highest BCUT2D eigenvalue weighted by atomic mass is 19.4. The van der Waals surface area contributed by atoms with Crippen LogP contribution < -0.4 is 0 Å². The molecule has 0 bridgehead atoms. The van der Waals surface area contributed by atoms with Crippen LogP contribution in [-0.2, 0) is 17.0 Å². The highest BCUT2D eigenvalue weighted by Crippen LogP contribution is 2.47. The topological polar surface area (TPSA) is 57.4 Å². The predicted molar refractivity (Wildman–Crippen MR) is 212 cm³/mol. The maximum Gasteiger partial charge on any atom is 0.420 e. The molecule has 0 spiro atoms.